The first-order chi connectivity index (χ1) is 20.9. The summed E-state index contributed by atoms with van der Waals surface area (Å²) < 4.78 is 2.34. The molecule has 0 amide bonds. The van der Waals surface area contributed by atoms with Crippen LogP contribution < -0.4 is 0 Å². The van der Waals surface area contributed by atoms with Crippen LogP contribution in [0, 0.1) is 0 Å². The van der Waals surface area contributed by atoms with Crippen LogP contribution in [0.2, 0.25) is 0 Å². The largest absolute Gasteiger partial charge is 0.337 e. The van der Waals surface area contributed by atoms with Crippen LogP contribution in [-0.4, -0.2) is 9.55 Å². The number of aromatic nitrogens is 2. The van der Waals surface area contributed by atoms with E-state index in [0.717, 1.165) is 6.54 Å². The summed E-state index contributed by atoms with van der Waals surface area (Å²) in [5, 5.41) is 0. The highest BCUT2D eigenvalue weighted by molar-refractivity contribution is 4.96. The van der Waals surface area contributed by atoms with E-state index in [-0.39, 0.29) is 0 Å². The molecule has 0 spiro atoms. The third kappa shape index (κ3) is 28.0. The number of nitrogens with zero attached hydrogens (tertiary/aromatic N) is 2. The Bertz CT molecular complexity index is 621. The minimum atomic E-state index is 1.16. The van der Waals surface area contributed by atoms with Gasteiger partial charge in [-0.3, -0.25) is 0 Å². The number of hydrogen-bond donors (Lipinski definition) is 0. The lowest BCUT2D eigenvalue weighted by atomic mass is 10.0. The molecule has 0 saturated heterocycles. The van der Waals surface area contributed by atoms with E-state index in [0.29, 0.717) is 0 Å². The maximum Gasteiger partial charge on any atom is 0.0949 e. The molecule has 0 N–H and O–H groups in total. The molecule has 0 aliphatic rings. The van der Waals surface area contributed by atoms with Gasteiger partial charge in [0.2, 0.25) is 0 Å². The topological polar surface area (TPSA) is 17.8 Å². The van der Waals surface area contributed by atoms with Crippen molar-refractivity contribution in [1.29, 1.82) is 0 Å². The summed E-state index contributed by atoms with van der Waals surface area (Å²) in [4.78, 5) is 4.68. The van der Waals surface area contributed by atoms with Crippen molar-refractivity contribution >= 4 is 0 Å². The summed E-state index contributed by atoms with van der Waals surface area (Å²) in [6, 6.07) is 0. The van der Waals surface area contributed by atoms with Crippen LogP contribution in [0.1, 0.15) is 231 Å². The van der Waals surface area contributed by atoms with Crippen LogP contribution >= 0.6 is 0 Å². The summed E-state index contributed by atoms with van der Waals surface area (Å²) in [6.07, 6.45) is 53.1. The lowest BCUT2D eigenvalue weighted by Crippen LogP contribution is -1.94. The minimum absolute atomic E-state index is 1.16. The van der Waals surface area contributed by atoms with Gasteiger partial charge in [-0.1, -0.05) is 213 Å². The van der Waals surface area contributed by atoms with Crippen LogP contribution in [0.5, 0.6) is 0 Å². The summed E-state index contributed by atoms with van der Waals surface area (Å²) in [6.45, 7) is 5.77. The van der Waals surface area contributed by atoms with Crippen LogP contribution in [0.3, 0.4) is 0 Å². The quantitative estimate of drug-likeness (QED) is 0.0723. The standard InChI is InChI=1S/C40H78N2/c1-3-5-7-9-11-13-15-17-19-21-22-24-26-28-30-32-34-36-40-38-42(39-41-40)37-35-33-31-29-27-25-23-20-18-16-14-12-10-8-6-4-2/h38-39H,3-37H2,1-2H3. The second-order valence-electron chi connectivity index (χ2n) is 13.8. The minimum Gasteiger partial charge on any atom is -0.337 e. The molecule has 0 aromatic carbocycles. The van der Waals surface area contributed by atoms with Gasteiger partial charge in [-0.15, -0.1) is 0 Å². The van der Waals surface area contributed by atoms with Gasteiger partial charge in [0.05, 0.1) is 12.0 Å². The highest BCUT2D eigenvalue weighted by Gasteiger charge is 2.01. The molecule has 1 aromatic rings. The fourth-order valence-corrected chi connectivity index (χ4v) is 6.53. The van der Waals surface area contributed by atoms with Crippen molar-refractivity contribution in [3.05, 3.63) is 18.2 Å². The Kier molecular flexibility index (Phi) is 30.9. The Hall–Kier alpha value is -0.790. The fourth-order valence-electron chi connectivity index (χ4n) is 6.53. The zero-order valence-corrected chi connectivity index (χ0v) is 29.3. The van der Waals surface area contributed by atoms with Crippen molar-refractivity contribution in [2.75, 3.05) is 0 Å². The third-order valence-corrected chi connectivity index (χ3v) is 9.49. The van der Waals surface area contributed by atoms with E-state index in [2.05, 4.69) is 35.9 Å². The molecule has 1 heterocycles. The molecule has 0 saturated carbocycles. The van der Waals surface area contributed by atoms with Crippen LogP contribution in [0.15, 0.2) is 12.5 Å². The molecule has 2 heteroatoms. The van der Waals surface area contributed by atoms with Crippen LogP contribution in [0.4, 0.5) is 0 Å². The number of imidazole rings is 1. The molecule has 0 atom stereocenters. The first-order valence-electron chi connectivity index (χ1n) is 19.9. The van der Waals surface area contributed by atoms with E-state index in [1.807, 2.05) is 0 Å². The molecule has 248 valence electrons. The fraction of sp³-hybridized carbons (Fsp3) is 0.925. The maximum absolute atomic E-state index is 4.68. The average Bonchev–Trinajstić information content (AvgIpc) is 3.46. The van der Waals surface area contributed by atoms with Gasteiger partial charge in [-0.05, 0) is 19.3 Å². The molecule has 0 radical (unpaired) electrons. The summed E-state index contributed by atoms with van der Waals surface area (Å²) in [7, 11) is 0. The lowest BCUT2D eigenvalue weighted by molar-refractivity contribution is 0.520. The molecular formula is C40H78N2. The van der Waals surface area contributed by atoms with Gasteiger partial charge >= 0.3 is 0 Å². The summed E-state index contributed by atoms with van der Waals surface area (Å²) >= 11 is 0. The molecule has 0 aliphatic carbocycles. The average molecular weight is 587 g/mol. The van der Waals surface area contributed by atoms with Gasteiger partial charge in [0.15, 0.2) is 0 Å². The van der Waals surface area contributed by atoms with Crippen molar-refractivity contribution in [3.8, 4) is 0 Å². The molecule has 0 aliphatic heterocycles. The van der Waals surface area contributed by atoms with Crippen molar-refractivity contribution in [3.63, 3.8) is 0 Å². The predicted octanol–water partition coefficient (Wildman–Crippen LogP) is 14.3. The number of rotatable bonds is 35. The predicted molar refractivity (Wildman–Crippen MR) is 190 cm³/mol. The Balaban J connectivity index is 1.78. The van der Waals surface area contributed by atoms with E-state index in [1.54, 1.807) is 0 Å². The van der Waals surface area contributed by atoms with Crippen molar-refractivity contribution in [2.24, 2.45) is 0 Å². The Morgan fingerprint density at radius 1 is 0.381 bits per heavy atom. The Morgan fingerprint density at radius 2 is 0.667 bits per heavy atom. The smallest absolute Gasteiger partial charge is 0.0949 e. The zero-order valence-electron chi connectivity index (χ0n) is 29.3. The normalized spacial score (nSPS) is 11.6. The monoisotopic (exact) mass is 587 g/mol. The van der Waals surface area contributed by atoms with Gasteiger partial charge in [0.25, 0.3) is 0 Å². The van der Waals surface area contributed by atoms with Gasteiger partial charge in [-0.25, -0.2) is 4.98 Å². The second kappa shape index (κ2) is 33.1. The van der Waals surface area contributed by atoms with Crippen molar-refractivity contribution < 1.29 is 0 Å². The molecule has 42 heavy (non-hydrogen) atoms. The van der Waals surface area contributed by atoms with Gasteiger partial charge in [0.1, 0.15) is 0 Å². The van der Waals surface area contributed by atoms with E-state index in [1.165, 1.54) is 224 Å². The molecule has 0 fully saturated rings. The highest BCUT2D eigenvalue weighted by atomic mass is 15.0. The first kappa shape index (κ1) is 39.2. The molecule has 1 rings (SSSR count). The Labute approximate surface area is 266 Å². The summed E-state index contributed by atoms with van der Waals surface area (Å²) in [5.74, 6) is 0. The van der Waals surface area contributed by atoms with E-state index in [4.69, 9.17) is 0 Å². The molecule has 0 bridgehead atoms. The number of unbranched alkanes of at least 4 members (excludes halogenated alkanes) is 31. The number of hydrogen-bond acceptors (Lipinski definition) is 1. The van der Waals surface area contributed by atoms with E-state index >= 15 is 0 Å². The van der Waals surface area contributed by atoms with Gasteiger partial charge in [0, 0.05) is 12.7 Å². The third-order valence-electron chi connectivity index (χ3n) is 9.49. The molecular weight excluding hydrogens is 508 g/mol. The van der Waals surface area contributed by atoms with E-state index in [9.17, 15) is 0 Å². The van der Waals surface area contributed by atoms with Crippen LogP contribution in [-0.2, 0) is 13.0 Å². The second-order valence-corrected chi connectivity index (χ2v) is 13.8. The van der Waals surface area contributed by atoms with Gasteiger partial charge in [-0.2, -0.15) is 0 Å². The first-order valence-corrected chi connectivity index (χ1v) is 19.9. The zero-order chi connectivity index (χ0) is 30.0. The van der Waals surface area contributed by atoms with Crippen molar-refractivity contribution in [2.45, 2.75) is 239 Å². The SMILES string of the molecule is CCCCCCCCCCCCCCCCCCCc1cn(CCCCCCCCCCCCCCCCCC)cn1. The van der Waals surface area contributed by atoms with Crippen molar-refractivity contribution in [1.82, 2.24) is 9.55 Å². The summed E-state index contributed by atoms with van der Waals surface area (Å²) in [5.41, 5.74) is 1.31. The lowest BCUT2D eigenvalue weighted by Gasteiger charge is -2.04. The van der Waals surface area contributed by atoms with Crippen LogP contribution in [0.25, 0.3) is 0 Å². The molecule has 2 nitrogen and oxygen atoms in total. The van der Waals surface area contributed by atoms with E-state index < -0.39 is 0 Å². The van der Waals surface area contributed by atoms with Gasteiger partial charge < -0.3 is 4.57 Å². The maximum atomic E-state index is 4.68. The molecule has 0 unspecified atom stereocenters. The Morgan fingerprint density at radius 3 is 1.00 bits per heavy atom. The number of aryl methyl sites for hydroxylation is 2. The highest BCUT2D eigenvalue weighted by Crippen LogP contribution is 2.16. The molecule has 1 aromatic heterocycles.